The molecule has 0 amide bonds. The Morgan fingerprint density at radius 3 is 1.30 bits per heavy atom. The molecule has 1 rings (SSSR count). The maximum absolute atomic E-state index is 3.94. The Morgan fingerprint density at radius 1 is 0.800 bits per heavy atom. The first-order valence-electron chi connectivity index (χ1n) is 4.45. The summed E-state index contributed by atoms with van der Waals surface area (Å²) in [6.07, 6.45) is 5.63. The van der Waals surface area contributed by atoms with Crippen molar-refractivity contribution in [2.75, 3.05) is 13.1 Å². The lowest BCUT2D eigenvalue weighted by Gasteiger charge is -2.23. The molecule has 0 bridgehead atoms. The van der Waals surface area contributed by atoms with Crippen LogP contribution in [-0.4, -0.2) is 13.1 Å². The minimum absolute atomic E-state index is 0.933. The molecule has 2 nitrogen and oxygen atoms in total. The van der Waals surface area contributed by atoms with Crippen molar-refractivity contribution in [1.29, 1.82) is 0 Å². The van der Waals surface area contributed by atoms with Crippen LogP contribution < -0.4 is 11.5 Å². The average Bonchev–Trinajstić information content (AvgIpc) is 2.05. The van der Waals surface area contributed by atoms with E-state index < -0.39 is 0 Å². The lowest BCUT2D eigenvalue weighted by atomic mass is 9.82. The summed E-state index contributed by atoms with van der Waals surface area (Å²) in [7, 11) is 0. The van der Waals surface area contributed by atoms with Gasteiger partial charge in [0.1, 0.15) is 0 Å². The van der Waals surface area contributed by atoms with Gasteiger partial charge in [0.2, 0.25) is 0 Å². The van der Waals surface area contributed by atoms with Crippen LogP contribution in [0.4, 0.5) is 0 Å². The summed E-state index contributed by atoms with van der Waals surface area (Å²) in [5.41, 5.74) is 7.89. The maximum Gasteiger partial charge on any atom is 0.0768 e. The van der Waals surface area contributed by atoms with Gasteiger partial charge in [0.25, 0.3) is 0 Å². The normalized spacial score (nSPS) is 34.2. The molecule has 1 fully saturated rings. The second-order valence-corrected chi connectivity index (χ2v) is 3.46. The molecule has 0 heterocycles. The molecule has 0 unspecified atom stereocenters. The summed E-state index contributed by atoms with van der Waals surface area (Å²) in [6.45, 7) is 2.29. The molecular weight excluding hydrogens is 124 g/mol. The van der Waals surface area contributed by atoms with E-state index in [4.69, 9.17) is 0 Å². The summed E-state index contributed by atoms with van der Waals surface area (Å²) in [4.78, 5) is 0. The first-order valence-corrected chi connectivity index (χ1v) is 4.45. The quantitative estimate of drug-likeness (QED) is 0.514. The minimum Gasteiger partial charge on any atom is -0.357 e. The molecule has 1 aliphatic carbocycles. The highest BCUT2D eigenvalue weighted by Gasteiger charge is 2.20. The highest BCUT2D eigenvalue weighted by molar-refractivity contribution is 4.70. The number of rotatable bonds is 2. The zero-order valence-corrected chi connectivity index (χ0v) is 6.81. The zero-order chi connectivity index (χ0) is 7.40. The molecule has 2 heteroatoms. The molecular formula is C8H20N2+2. The summed E-state index contributed by atoms with van der Waals surface area (Å²) in [5, 5.41) is 0. The fraction of sp³-hybridized carbons (Fsp3) is 1.00. The number of quaternary nitrogens is 2. The van der Waals surface area contributed by atoms with Crippen molar-refractivity contribution in [1.82, 2.24) is 0 Å². The van der Waals surface area contributed by atoms with Crippen molar-refractivity contribution < 1.29 is 11.5 Å². The second-order valence-electron chi connectivity index (χ2n) is 3.46. The van der Waals surface area contributed by atoms with Crippen LogP contribution in [0.25, 0.3) is 0 Å². The van der Waals surface area contributed by atoms with Crippen LogP contribution in [0.1, 0.15) is 25.7 Å². The van der Waals surface area contributed by atoms with E-state index in [0.717, 1.165) is 24.9 Å². The molecule has 0 spiro atoms. The van der Waals surface area contributed by atoms with Crippen LogP contribution in [0.15, 0.2) is 0 Å². The molecule has 0 aliphatic heterocycles. The van der Waals surface area contributed by atoms with Gasteiger partial charge in [-0.2, -0.15) is 0 Å². The molecule has 60 valence electrons. The van der Waals surface area contributed by atoms with E-state index in [1.165, 1.54) is 25.7 Å². The first kappa shape index (κ1) is 8.02. The average molecular weight is 144 g/mol. The molecule has 1 saturated carbocycles. The van der Waals surface area contributed by atoms with E-state index in [1.54, 1.807) is 0 Å². The summed E-state index contributed by atoms with van der Waals surface area (Å²) >= 11 is 0. The smallest absolute Gasteiger partial charge is 0.0768 e. The zero-order valence-electron chi connectivity index (χ0n) is 6.81. The standard InChI is InChI=1S/C8H18N2/c9-5-7-1-2-8(6-10)4-3-7/h7-8H,1-6,9-10H2/p+2. The third kappa shape index (κ3) is 1.96. The van der Waals surface area contributed by atoms with Gasteiger partial charge in [0.05, 0.1) is 13.1 Å². The lowest BCUT2D eigenvalue weighted by molar-refractivity contribution is -0.389. The van der Waals surface area contributed by atoms with E-state index >= 15 is 0 Å². The van der Waals surface area contributed by atoms with Gasteiger partial charge < -0.3 is 11.5 Å². The lowest BCUT2D eigenvalue weighted by Crippen LogP contribution is -2.56. The molecule has 0 aromatic heterocycles. The first-order chi connectivity index (χ1) is 4.86. The van der Waals surface area contributed by atoms with E-state index in [1.807, 2.05) is 0 Å². The van der Waals surface area contributed by atoms with Crippen molar-refractivity contribution in [3.63, 3.8) is 0 Å². The van der Waals surface area contributed by atoms with Gasteiger partial charge in [-0.15, -0.1) is 0 Å². The maximum atomic E-state index is 3.94. The topological polar surface area (TPSA) is 55.3 Å². The van der Waals surface area contributed by atoms with Crippen LogP contribution in [0.5, 0.6) is 0 Å². The van der Waals surface area contributed by atoms with Gasteiger partial charge in [0.15, 0.2) is 0 Å². The van der Waals surface area contributed by atoms with Gasteiger partial charge >= 0.3 is 0 Å². The Morgan fingerprint density at radius 2 is 1.10 bits per heavy atom. The van der Waals surface area contributed by atoms with Gasteiger partial charge in [-0.25, -0.2) is 0 Å². The van der Waals surface area contributed by atoms with E-state index in [0.29, 0.717) is 0 Å². The molecule has 1 aliphatic rings. The summed E-state index contributed by atoms with van der Waals surface area (Å²) in [5.74, 6) is 1.87. The Balaban J connectivity index is 2.17. The van der Waals surface area contributed by atoms with Crippen LogP contribution in [-0.2, 0) is 0 Å². The van der Waals surface area contributed by atoms with Crippen molar-refractivity contribution in [2.45, 2.75) is 25.7 Å². The van der Waals surface area contributed by atoms with Crippen molar-refractivity contribution in [2.24, 2.45) is 11.8 Å². The molecule has 10 heavy (non-hydrogen) atoms. The van der Waals surface area contributed by atoms with Crippen LogP contribution in [0.3, 0.4) is 0 Å². The highest BCUT2D eigenvalue weighted by atomic mass is 14.6. The monoisotopic (exact) mass is 144 g/mol. The minimum atomic E-state index is 0.933. The van der Waals surface area contributed by atoms with E-state index in [9.17, 15) is 0 Å². The van der Waals surface area contributed by atoms with Crippen molar-refractivity contribution >= 4 is 0 Å². The molecule has 6 N–H and O–H groups in total. The molecule has 0 radical (unpaired) electrons. The van der Waals surface area contributed by atoms with Gasteiger partial charge in [-0.3, -0.25) is 0 Å². The van der Waals surface area contributed by atoms with Crippen molar-refractivity contribution in [3.8, 4) is 0 Å². The number of hydrogen-bond acceptors (Lipinski definition) is 0. The summed E-state index contributed by atoms with van der Waals surface area (Å²) in [6, 6.07) is 0. The highest BCUT2D eigenvalue weighted by Crippen LogP contribution is 2.26. The fourth-order valence-electron chi connectivity index (χ4n) is 1.81. The Bertz CT molecular complexity index is 73.3. The molecule has 0 aromatic carbocycles. The van der Waals surface area contributed by atoms with E-state index in [-0.39, 0.29) is 0 Å². The fourth-order valence-corrected chi connectivity index (χ4v) is 1.81. The Hall–Kier alpha value is -0.0800. The summed E-state index contributed by atoms with van der Waals surface area (Å²) < 4.78 is 0. The van der Waals surface area contributed by atoms with E-state index in [2.05, 4.69) is 11.5 Å². The predicted octanol–water partition coefficient (Wildman–Crippen LogP) is -0.723. The molecule has 0 aromatic rings. The predicted molar refractivity (Wildman–Crippen MR) is 41.0 cm³/mol. The molecule has 0 atom stereocenters. The Kier molecular flexibility index (Phi) is 3.16. The van der Waals surface area contributed by atoms with Crippen LogP contribution in [0, 0.1) is 11.8 Å². The van der Waals surface area contributed by atoms with Crippen molar-refractivity contribution in [3.05, 3.63) is 0 Å². The third-order valence-electron chi connectivity index (χ3n) is 2.78. The van der Waals surface area contributed by atoms with Crippen LogP contribution >= 0.6 is 0 Å². The van der Waals surface area contributed by atoms with Crippen LogP contribution in [0.2, 0.25) is 0 Å². The molecule has 0 saturated heterocycles. The SMILES string of the molecule is [NH3+]CC1CCC(C[NH3+])CC1. The van der Waals surface area contributed by atoms with Gasteiger partial charge in [-0.1, -0.05) is 0 Å². The third-order valence-corrected chi connectivity index (χ3v) is 2.78. The largest absolute Gasteiger partial charge is 0.357 e. The van der Waals surface area contributed by atoms with Gasteiger partial charge in [0, 0.05) is 11.8 Å². The Labute approximate surface area is 63.0 Å². The van der Waals surface area contributed by atoms with Gasteiger partial charge in [-0.05, 0) is 25.7 Å². The second kappa shape index (κ2) is 3.94. The number of hydrogen-bond donors (Lipinski definition) is 2.